The lowest BCUT2D eigenvalue weighted by Gasteiger charge is -2.26. The third-order valence-corrected chi connectivity index (χ3v) is 5.25. The van der Waals surface area contributed by atoms with Gasteiger partial charge in [-0.15, -0.1) is 0 Å². The largest absolute Gasteiger partial charge is 0.379 e. The highest BCUT2D eigenvalue weighted by Gasteiger charge is 2.19. The van der Waals surface area contributed by atoms with Gasteiger partial charge in [0.15, 0.2) is 5.76 Å². The number of anilines is 1. The highest BCUT2D eigenvalue weighted by molar-refractivity contribution is 5.77. The average Bonchev–Trinajstić information content (AvgIpc) is 3.11. The van der Waals surface area contributed by atoms with E-state index in [2.05, 4.69) is 30.3 Å². The maximum absolute atomic E-state index is 5.56. The number of hydrogen-bond acceptors (Lipinski definition) is 9. The van der Waals surface area contributed by atoms with Crippen molar-refractivity contribution in [2.24, 2.45) is 0 Å². The van der Waals surface area contributed by atoms with Crippen LogP contribution in [0.1, 0.15) is 23.4 Å². The van der Waals surface area contributed by atoms with Crippen molar-refractivity contribution < 1.29 is 9.26 Å². The topological polar surface area (TPSA) is 102 Å². The molecule has 0 bridgehead atoms. The third kappa shape index (κ3) is 4.63. The number of aryl methyl sites for hydroxylation is 2. The van der Waals surface area contributed by atoms with Crippen molar-refractivity contribution in [1.82, 2.24) is 30.0 Å². The van der Waals surface area contributed by atoms with Crippen LogP contribution in [-0.2, 0) is 4.74 Å². The molecular weight excluding hydrogens is 382 g/mol. The summed E-state index contributed by atoms with van der Waals surface area (Å²) in [5.41, 5.74) is 4.75. The molecule has 1 aliphatic heterocycles. The number of hydrogen-bond donors (Lipinski definition) is 1. The molecule has 4 heterocycles. The molecule has 1 saturated heterocycles. The lowest BCUT2D eigenvalue weighted by atomic mass is 10.1. The molecule has 0 radical (unpaired) electrons. The molecule has 158 valence electrons. The Morgan fingerprint density at radius 2 is 1.87 bits per heavy atom. The second-order valence-corrected chi connectivity index (χ2v) is 7.46. The van der Waals surface area contributed by atoms with E-state index in [0.29, 0.717) is 23.1 Å². The molecule has 0 atom stereocenters. The van der Waals surface area contributed by atoms with Gasteiger partial charge in [0, 0.05) is 37.6 Å². The number of ether oxygens (including phenoxy) is 1. The van der Waals surface area contributed by atoms with Crippen LogP contribution in [0.25, 0.3) is 22.7 Å². The van der Waals surface area contributed by atoms with Gasteiger partial charge in [0.05, 0.1) is 36.4 Å². The maximum Gasteiger partial charge on any atom is 0.223 e. The molecule has 1 N–H and O–H groups in total. The van der Waals surface area contributed by atoms with E-state index in [1.807, 2.05) is 20.8 Å². The SMILES string of the molecule is Cc1cnc(-c2nc(NCCCN3CCOCC3)ncc2-c2onc(C)c2C)cn1. The van der Waals surface area contributed by atoms with Gasteiger partial charge in [0.25, 0.3) is 0 Å². The minimum Gasteiger partial charge on any atom is -0.379 e. The van der Waals surface area contributed by atoms with Crippen LogP contribution in [0.3, 0.4) is 0 Å². The summed E-state index contributed by atoms with van der Waals surface area (Å²) in [5, 5.41) is 7.40. The fourth-order valence-electron chi connectivity index (χ4n) is 3.34. The lowest BCUT2D eigenvalue weighted by molar-refractivity contribution is 0.0378. The van der Waals surface area contributed by atoms with E-state index in [9.17, 15) is 0 Å². The first-order valence-electron chi connectivity index (χ1n) is 10.2. The van der Waals surface area contributed by atoms with Crippen molar-refractivity contribution >= 4 is 5.95 Å². The molecule has 30 heavy (non-hydrogen) atoms. The molecule has 1 fully saturated rings. The summed E-state index contributed by atoms with van der Waals surface area (Å²) in [7, 11) is 0. The molecule has 4 rings (SSSR count). The fraction of sp³-hybridized carbons (Fsp3) is 0.476. The summed E-state index contributed by atoms with van der Waals surface area (Å²) in [5.74, 6) is 1.22. The Bertz CT molecular complexity index is 982. The van der Waals surface area contributed by atoms with Crippen molar-refractivity contribution in [1.29, 1.82) is 0 Å². The van der Waals surface area contributed by atoms with Gasteiger partial charge in [-0.1, -0.05) is 5.16 Å². The first-order valence-corrected chi connectivity index (χ1v) is 10.2. The molecule has 3 aromatic rings. The molecule has 0 saturated carbocycles. The monoisotopic (exact) mass is 409 g/mol. The lowest BCUT2D eigenvalue weighted by Crippen LogP contribution is -2.37. The Balaban J connectivity index is 1.53. The number of rotatable bonds is 7. The van der Waals surface area contributed by atoms with Crippen LogP contribution in [0.4, 0.5) is 5.95 Å². The van der Waals surface area contributed by atoms with Crippen molar-refractivity contribution in [3.63, 3.8) is 0 Å². The molecule has 0 unspecified atom stereocenters. The molecule has 0 aromatic carbocycles. The first-order chi connectivity index (χ1) is 14.6. The van der Waals surface area contributed by atoms with Gasteiger partial charge in [0.2, 0.25) is 5.95 Å². The normalized spacial score (nSPS) is 14.8. The van der Waals surface area contributed by atoms with Crippen molar-refractivity contribution in [2.45, 2.75) is 27.2 Å². The van der Waals surface area contributed by atoms with E-state index < -0.39 is 0 Å². The number of nitrogens with zero attached hydrogens (tertiary/aromatic N) is 6. The van der Waals surface area contributed by atoms with Gasteiger partial charge >= 0.3 is 0 Å². The highest BCUT2D eigenvalue weighted by Crippen LogP contribution is 2.32. The van der Waals surface area contributed by atoms with Gasteiger partial charge in [-0.2, -0.15) is 0 Å². The molecule has 9 nitrogen and oxygen atoms in total. The zero-order chi connectivity index (χ0) is 20.9. The molecule has 0 spiro atoms. The van der Waals surface area contributed by atoms with Gasteiger partial charge in [-0.25, -0.2) is 9.97 Å². The predicted octanol–water partition coefficient (Wildman–Crippen LogP) is 2.65. The fourth-order valence-corrected chi connectivity index (χ4v) is 3.34. The van der Waals surface area contributed by atoms with Crippen LogP contribution in [-0.4, -0.2) is 69.4 Å². The minimum absolute atomic E-state index is 0.562. The summed E-state index contributed by atoms with van der Waals surface area (Å²) < 4.78 is 11.0. The summed E-state index contributed by atoms with van der Waals surface area (Å²) >= 11 is 0. The average molecular weight is 409 g/mol. The van der Waals surface area contributed by atoms with Crippen molar-refractivity contribution in [3.05, 3.63) is 35.5 Å². The second kappa shape index (κ2) is 9.27. The third-order valence-electron chi connectivity index (χ3n) is 5.25. The minimum atomic E-state index is 0.562. The first kappa shape index (κ1) is 20.4. The predicted molar refractivity (Wildman–Crippen MR) is 113 cm³/mol. The summed E-state index contributed by atoms with van der Waals surface area (Å²) in [6.45, 7) is 11.2. The smallest absolute Gasteiger partial charge is 0.223 e. The van der Waals surface area contributed by atoms with E-state index in [1.165, 1.54) is 0 Å². The zero-order valence-electron chi connectivity index (χ0n) is 17.7. The zero-order valence-corrected chi connectivity index (χ0v) is 17.7. The van der Waals surface area contributed by atoms with Crippen molar-refractivity contribution in [2.75, 3.05) is 44.7 Å². The molecular formula is C21H27N7O2. The Kier molecular flexibility index (Phi) is 6.29. The van der Waals surface area contributed by atoms with Crippen molar-refractivity contribution in [3.8, 4) is 22.7 Å². The second-order valence-electron chi connectivity index (χ2n) is 7.46. The van der Waals surface area contributed by atoms with Crippen LogP contribution < -0.4 is 5.32 Å². The molecule has 3 aromatic heterocycles. The van der Waals surface area contributed by atoms with Gasteiger partial charge < -0.3 is 14.6 Å². The summed E-state index contributed by atoms with van der Waals surface area (Å²) in [4.78, 5) is 20.5. The molecule has 9 heteroatoms. The molecule has 0 aliphatic carbocycles. The van der Waals surface area contributed by atoms with E-state index in [-0.39, 0.29) is 0 Å². The van der Waals surface area contributed by atoms with Crippen LogP contribution in [0.15, 0.2) is 23.1 Å². The number of morpholine rings is 1. The van der Waals surface area contributed by atoms with E-state index >= 15 is 0 Å². The number of aromatic nitrogens is 5. The van der Waals surface area contributed by atoms with Gasteiger partial charge in [0.1, 0.15) is 11.4 Å². The Morgan fingerprint density at radius 1 is 1.03 bits per heavy atom. The van der Waals surface area contributed by atoms with Crippen LogP contribution in [0.2, 0.25) is 0 Å². The number of nitrogens with one attached hydrogen (secondary N) is 1. The van der Waals surface area contributed by atoms with Crippen LogP contribution in [0, 0.1) is 20.8 Å². The summed E-state index contributed by atoms with van der Waals surface area (Å²) in [6, 6.07) is 0. The molecule has 1 aliphatic rings. The van der Waals surface area contributed by atoms with Crippen LogP contribution >= 0.6 is 0 Å². The quantitative estimate of drug-likeness (QED) is 0.590. The summed E-state index contributed by atoms with van der Waals surface area (Å²) in [6.07, 6.45) is 6.23. The molecule has 0 amide bonds. The van der Waals surface area contributed by atoms with Crippen LogP contribution in [0.5, 0.6) is 0 Å². The Labute approximate surface area is 175 Å². The Hall–Kier alpha value is -2.91. The standard InChI is InChI=1S/C21H27N7O2/c1-14-11-24-18(13-23-14)19-17(20-15(2)16(3)27-30-20)12-25-21(26-19)22-5-4-6-28-7-9-29-10-8-28/h11-13H,4-10H2,1-3H3,(H,22,25,26). The van der Waals surface area contributed by atoms with E-state index in [1.54, 1.807) is 18.6 Å². The van der Waals surface area contributed by atoms with E-state index in [4.69, 9.17) is 14.2 Å². The Morgan fingerprint density at radius 3 is 2.57 bits per heavy atom. The van der Waals surface area contributed by atoms with E-state index in [0.717, 1.165) is 68.3 Å². The van der Waals surface area contributed by atoms with Gasteiger partial charge in [-0.05, 0) is 33.7 Å². The highest BCUT2D eigenvalue weighted by atomic mass is 16.5. The van der Waals surface area contributed by atoms with Gasteiger partial charge in [-0.3, -0.25) is 14.9 Å². The maximum atomic E-state index is 5.56.